The summed E-state index contributed by atoms with van der Waals surface area (Å²) in [6, 6.07) is 6.38. The predicted molar refractivity (Wildman–Crippen MR) is 85.3 cm³/mol. The normalized spacial score (nSPS) is 26.1. The van der Waals surface area contributed by atoms with Crippen molar-refractivity contribution in [2.24, 2.45) is 11.8 Å². The molecule has 1 aromatic heterocycles. The Hall–Kier alpha value is -1.25. The third-order valence-corrected chi connectivity index (χ3v) is 4.91. The van der Waals surface area contributed by atoms with Crippen LogP contribution >= 0.6 is 0 Å². The first kappa shape index (κ1) is 13.7. The lowest BCUT2D eigenvalue weighted by molar-refractivity contribution is 0.202. The highest BCUT2D eigenvalue weighted by atomic mass is 15.2. The number of hydrogen-bond acceptors (Lipinski definition) is 3. The maximum Gasteiger partial charge on any atom is 0.130 e. The van der Waals surface area contributed by atoms with E-state index < -0.39 is 0 Å². The summed E-state index contributed by atoms with van der Waals surface area (Å²) in [7, 11) is 0. The van der Waals surface area contributed by atoms with Crippen LogP contribution in [0.5, 0.6) is 0 Å². The number of nitrogens with zero attached hydrogens (tertiary/aromatic N) is 2. The summed E-state index contributed by atoms with van der Waals surface area (Å²) in [4.78, 5) is 7.29. The van der Waals surface area contributed by atoms with Gasteiger partial charge < -0.3 is 10.2 Å². The van der Waals surface area contributed by atoms with Crippen molar-refractivity contribution in [3.8, 4) is 0 Å². The van der Waals surface area contributed by atoms with Crippen LogP contribution in [0.25, 0.3) is 0 Å². The van der Waals surface area contributed by atoms with Crippen molar-refractivity contribution in [2.75, 3.05) is 29.9 Å². The molecule has 2 atom stereocenters. The standard InChI is InChI=1S/C17H27N3/c1-2-11-18-16-8-5-9-17(19-16)20-12-10-14-6-3-4-7-15(14)13-20/h5,8-9,14-15H,2-4,6-7,10-13H2,1H3,(H,18,19). The Morgan fingerprint density at radius 1 is 1.20 bits per heavy atom. The van der Waals surface area contributed by atoms with E-state index in [-0.39, 0.29) is 0 Å². The highest BCUT2D eigenvalue weighted by Gasteiger charge is 2.31. The molecule has 2 heterocycles. The number of pyridine rings is 1. The summed E-state index contributed by atoms with van der Waals surface area (Å²) in [5, 5.41) is 3.39. The third-order valence-electron chi connectivity index (χ3n) is 4.91. The summed E-state index contributed by atoms with van der Waals surface area (Å²) in [6.07, 6.45) is 8.27. The first-order chi connectivity index (χ1) is 9.86. The van der Waals surface area contributed by atoms with Gasteiger partial charge in [0.1, 0.15) is 11.6 Å². The molecule has 1 N–H and O–H groups in total. The van der Waals surface area contributed by atoms with Gasteiger partial charge in [0, 0.05) is 19.6 Å². The van der Waals surface area contributed by atoms with Gasteiger partial charge in [0.25, 0.3) is 0 Å². The molecule has 1 aliphatic carbocycles. The lowest BCUT2D eigenvalue weighted by atomic mass is 9.75. The average molecular weight is 273 g/mol. The van der Waals surface area contributed by atoms with Crippen LogP contribution in [0, 0.1) is 11.8 Å². The molecule has 0 bridgehead atoms. The molecule has 0 spiro atoms. The largest absolute Gasteiger partial charge is 0.370 e. The van der Waals surface area contributed by atoms with Crippen LogP contribution in [0.2, 0.25) is 0 Å². The minimum Gasteiger partial charge on any atom is -0.370 e. The quantitative estimate of drug-likeness (QED) is 0.901. The number of anilines is 2. The zero-order valence-corrected chi connectivity index (χ0v) is 12.6. The minimum absolute atomic E-state index is 0.909. The molecule has 2 unspecified atom stereocenters. The second-order valence-corrected chi connectivity index (χ2v) is 6.35. The Balaban J connectivity index is 1.66. The molecule has 1 saturated heterocycles. The van der Waals surface area contributed by atoms with Crippen molar-refractivity contribution >= 4 is 11.6 Å². The molecule has 3 nitrogen and oxygen atoms in total. The predicted octanol–water partition coefficient (Wildman–Crippen LogP) is 3.92. The fourth-order valence-electron chi connectivity index (χ4n) is 3.76. The molecule has 2 aliphatic rings. The highest BCUT2D eigenvalue weighted by Crippen LogP contribution is 2.37. The maximum atomic E-state index is 4.79. The second-order valence-electron chi connectivity index (χ2n) is 6.35. The Morgan fingerprint density at radius 3 is 2.90 bits per heavy atom. The molecule has 0 radical (unpaired) electrons. The number of piperidine rings is 1. The average Bonchev–Trinajstić information content (AvgIpc) is 2.53. The molecule has 2 fully saturated rings. The van der Waals surface area contributed by atoms with Gasteiger partial charge in [0.2, 0.25) is 0 Å². The third kappa shape index (κ3) is 3.08. The summed E-state index contributed by atoms with van der Waals surface area (Å²) in [6.45, 7) is 5.59. The van der Waals surface area contributed by atoms with E-state index in [2.05, 4.69) is 35.3 Å². The lowest BCUT2D eigenvalue weighted by Crippen LogP contribution is -2.42. The van der Waals surface area contributed by atoms with E-state index in [4.69, 9.17) is 4.98 Å². The molecule has 1 aromatic rings. The van der Waals surface area contributed by atoms with Gasteiger partial charge >= 0.3 is 0 Å². The van der Waals surface area contributed by atoms with Crippen LogP contribution in [0.15, 0.2) is 18.2 Å². The fourth-order valence-corrected chi connectivity index (χ4v) is 3.76. The van der Waals surface area contributed by atoms with Crippen molar-refractivity contribution in [3.05, 3.63) is 18.2 Å². The molecule has 0 amide bonds. The van der Waals surface area contributed by atoms with Gasteiger partial charge in [0.05, 0.1) is 0 Å². The lowest BCUT2D eigenvalue weighted by Gasteiger charge is -2.41. The topological polar surface area (TPSA) is 28.2 Å². The zero-order valence-electron chi connectivity index (χ0n) is 12.6. The van der Waals surface area contributed by atoms with E-state index >= 15 is 0 Å². The molecular weight excluding hydrogens is 246 g/mol. The van der Waals surface area contributed by atoms with E-state index in [0.717, 1.165) is 36.4 Å². The number of nitrogens with one attached hydrogen (secondary N) is 1. The van der Waals surface area contributed by atoms with Crippen LogP contribution in [0.3, 0.4) is 0 Å². The Morgan fingerprint density at radius 2 is 2.05 bits per heavy atom. The van der Waals surface area contributed by atoms with Gasteiger partial charge in [-0.05, 0) is 43.2 Å². The van der Waals surface area contributed by atoms with Gasteiger partial charge in [-0.3, -0.25) is 0 Å². The van der Waals surface area contributed by atoms with Crippen molar-refractivity contribution in [2.45, 2.75) is 45.4 Å². The summed E-state index contributed by atoms with van der Waals surface area (Å²) in [5.41, 5.74) is 0. The molecule has 1 aliphatic heterocycles. The van der Waals surface area contributed by atoms with Gasteiger partial charge in [-0.25, -0.2) is 4.98 Å². The maximum absolute atomic E-state index is 4.79. The molecule has 110 valence electrons. The second kappa shape index (κ2) is 6.47. The first-order valence-corrected chi connectivity index (χ1v) is 8.32. The molecule has 3 heteroatoms. The Kier molecular flexibility index (Phi) is 4.44. The smallest absolute Gasteiger partial charge is 0.130 e. The van der Waals surface area contributed by atoms with E-state index in [1.807, 2.05) is 0 Å². The summed E-state index contributed by atoms with van der Waals surface area (Å²) < 4.78 is 0. The van der Waals surface area contributed by atoms with Crippen LogP contribution < -0.4 is 10.2 Å². The molecular formula is C17H27N3. The van der Waals surface area contributed by atoms with Crippen LogP contribution in [-0.2, 0) is 0 Å². The van der Waals surface area contributed by atoms with Crippen molar-refractivity contribution in [3.63, 3.8) is 0 Å². The van der Waals surface area contributed by atoms with E-state index in [1.54, 1.807) is 0 Å². The van der Waals surface area contributed by atoms with Crippen molar-refractivity contribution in [1.29, 1.82) is 0 Å². The number of hydrogen-bond donors (Lipinski definition) is 1. The zero-order chi connectivity index (χ0) is 13.8. The number of fused-ring (bicyclic) bond motifs is 1. The van der Waals surface area contributed by atoms with Crippen LogP contribution in [-0.4, -0.2) is 24.6 Å². The van der Waals surface area contributed by atoms with Gasteiger partial charge in [-0.15, -0.1) is 0 Å². The van der Waals surface area contributed by atoms with Crippen LogP contribution in [0.1, 0.15) is 45.4 Å². The number of rotatable bonds is 4. The van der Waals surface area contributed by atoms with E-state index in [9.17, 15) is 0 Å². The van der Waals surface area contributed by atoms with Crippen molar-refractivity contribution < 1.29 is 0 Å². The monoisotopic (exact) mass is 273 g/mol. The Bertz CT molecular complexity index is 432. The van der Waals surface area contributed by atoms with Crippen LogP contribution in [0.4, 0.5) is 11.6 Å². The first-order valence-electron chi connectivity index (χ1n) is 8.32. The fraction of sp³-hybridized carbons (Fsp3) is 0.706. The number of aromatic nitrogens is 1. The summed E-state index contributed by atoms with van der Waals surface area (Å²) >= 11 is 0. The molecule has 20 heavy (non-hydrogen) atoms. The minimum atomic E-state index is 0.909. The van der Waals surface area contributed by atoms with Crippen molar-refractivity contribution in [1.82, 2.24) is 4.98 Å². The van der Waals surface area contributed by atoms with E-state index in [1.165, 1.54) is 45.2 Å². The van der Waals surface area contributed by atoms with Gasteiger partial charge in [-0.1, -0.05) is 32.3 Å². The molecule has 1 saturated carbocycles. The van der Waals surface area contributed by atoms with E-state index in [0.29, 0.717) is 0 Å². The van der Waals surface area contributed by atoms with Gasteiger partial charge in [-0.2, -0.15) is 0 Å². The van der Waals surface area contributed by atoms with Gasteiger partial charge in [0.15, 0.2) is 0 Å². The SMILES string of the molecule is CCCNc1cccc(N2CCC3CCCCC3C2)n1. The molecule has 0 aromatic carbocycles. The summed E-state index contributed by atoms with van der Waals surface area (Å²) in [5.74, 6) is 4.08. The Labute approximate surface area is 122 Å². The highest BCUT2D eigenvalue weighted by molar-refractivity contribution is 5.47. The molecule has 3 rings (SSSR count).